The zero-order valence-electron chi connectivity index (χ0n) is 14.0. The third kappa shape index (κ3) is 4.12. The Hall–Kier alpha value is -3.06. The third-order valence-electron chi connectivity index (χ3n) is 3.77. The summed E-state index contributed by atoms with van der Waals surface area (Å²) in [4.78, 5) is 24.1. The van der Waals surface area contributed by atoms with Crippen molar-refractivity contribution >= 4 is 29.0 Å². The molecule has 6 nitrogen and oxygen atoms in total. The predicted octanol–water partition coefficient (Wildman–Crippen LogP) is 5.04. The summed E-state index contributed by atoms with van der Waals surface area (Å²) in [6.07, 6.45) is 1.47. The molecule has 3 rings (SSSR count). The second kappa shape index (κ2) is 7.88. The molecule has 0 aliphatic rings. The number of hydrogen-bond donors (Lipinski definition) is 1. The molecule has 0 radical (unpaired) electrons. The number of anilines is 1. The first-order valence-corrected chi connectivity index (χ1v) is 8.84. The third-order valence-corrected chi connectivity index (χ3v) is 4.83. The van der Waals surface area contributed by atoms with Crippen LogP contribution in [-0.4, -0.2) is 10.8 Å². The largest absolute Gasteiger partial charge is 0.459 e. The number of non-ortho nitro benzene ring substituents is 1. The molecular formula is C19H16N2O4S. The van der Waals surface area contributed by atoms with Gasteiger partial charge in [-0.2, -0.15) is 0 Å². The monoisotopic (exact) mass is 368 g/mol. The first-order valence-electron chi connectivity index (χ1n) is 7.85. The maximum absolute atomic E-state index is 12.6. The second-order valence-electron chi connectivity index (χ2n) is 5.59. The Balaban J connectivity index is 1.74. The smallest absolute Gasteiger partial charge is 0.291 e. The van der Waals surface area contributed by atoms with Crippen LogP contribution in [0.4, 0.5) is 11.4 Å². The van der Waals surface area contributed by atoms with E-state index in [-0.39, 0.29) is 11.4 Å². The number of rotatable bonds is 6. The molecule has 2 aromatic carbocycles. The van der Waals surface area contributed by atoms with Crippen LogP contribution in [0.2, 0.25) is 0 Å². The van der Waals surface area contributed by atoms with Crippen molar-refractivity contribution in [3.05, 3.63) is 87.9 Å². The molecule has 0 bridgehead atoms. The van der Waals surface area contributed by atoms with Crippen LogP contribution in [0, 0.1) is 17.0 Å². The van der Waals surface area contributed by atoms with E-state index in [4.69, 9.17) is 4.42 Å². The number of nitrogens with zero attached hydrogens (tertiary/aromatic N) is 1. The number of nitrogens with one attached hydrogen (secondary N) is 1. The minimum Gasteiger partial charge on any atom is -0.459 e. The van der Waals surface area contributed by atoms with Crippen molar-refractivity contribution in [1.82, 2.24) is 0 Å². The topological polar surface area (TPSA) is 85.4 Å². The Morgan fingerprint density at radius 3 is 2.69 bits per heavy atom. The zero-order valence-corrected chi connectivity index (χ0v) is 14.8. The van der Waals surface area contributed by atoms with Gasteiger partial charge in [0.1, 0.15) is 0 Å². The van der Waals surface area contributed by atoms with Gasteiger partial charge in [0, 0.05) is 28.3 Å². The number of hydrogen-bond acceptors (Lipinski definition) is 5. The van der Waals surface area contributed by atoms with E-state index in [0.717, 1.165) is 16.0 Å². The van der Waals surface area contributed by atoms with Gasteiger partial charge in [0.25, 0.3) is 11.6 Å². The number of amides is 1. The summed E-state index contributed by atoms with van der Waals surface area (Å²) >= 11 is 1.60. The highest BCUT2D eigenvalue weighted by Gasteiger charge is 2.18. The average Bonchev–Trinajstić information content (AvgIpc) is 3.11. The lowest BCUT2D eigenvalue weighted by molar-refractivity contribution is -0.384. The zero-order chi connectivity index (χ0) is 18.5. The quantitative estimate of drug-likeness (QED) is 0.374. The van der Waals surface area contributed by atoms with Gasteiger partial charge in [0.05, 0.1) is 16.9 Å². The molecule has 0 fully saturated rings. The number of aryl methyl sites for hydroxylation is 1. The highest BCUT2D eigenvalue weighted by Crippen LogP contribution is 2.26. The van der Waals surface area contributed by atoms with Crippen molar-refractivity contribution in [3.63, 3.8) is 0 Å². The number of nitro groups is 1. The summed E-state index contributed by atoms with van der Waals surface area (Å²) in [5.41, 5.74) is 1.81. The van der Waals surface area contributed by atoms with Crippen LogP contribution in [0.3, 0.4) is 0 Å². The molecule has 1 N–H and O–H groups in total. The van der Waals surface area contributed by atoms with E-state index in [9.17, 15) is 14.9 Å². The van der Waals surface area contributed by atoms with E-state index in [1.165, 1.54) is 18.4 Å². The molecule has 0 saturated heterocycles. The minimum absolute atomic E-state index is 0.0785. The van der Waals surface area contributed by atoms with Crippen molar-refractivity contribution < 1.29 is 14.1 Å². The van der Waals surface area contributed by atoms with Gasteiger partial charge in [-0.05, 0) is 30.7 Å². The van der Waals surface area contributed by atoms with Crippen LogP contribution in [0.1, 0.15) is 21.7 Å². The van der Waals surface area contributed by atoms with E-state index in [0.29, 0.717) is 11.4 Å². The van der Waals surface area contributed by atoms with E-state index < -0.39 is 10.8 Å². The fraction of sp³-hybridized carbons (Fsp3) is 0.105. The molecule has 132 valence electrons. The molecular weight excluding hydrogens is 352 g/mol. The van der Waals surface area contributed by atoms with Crippen LogP contribution in [-0.2, 0) is 5.75 Å². The van der Waals surface area contributed by atoms with E-state index in [1.807, 2.05) is 30.3 Å². The van der Waals surface area contributed by atoms with Gasteiger partial charge in [-0.25, -0.2) is 0 Å². The van der Waals surface area contributed by atoms with E-state index >= 15 is 0 Å². The first kappa shape index (κ1) is 17.8. The Labute approximate surface area is 154 Å². The molecule has 0 atom stereocenters. The lowest BCUT2D eigenvalue weighted by atomic mass is 10.1. The van der Waals surface area contributed by atoms with Crippen LogP contribution >= 0.6 is 11.8 Å². The molecule has 1 heterocycles. The number of carbonyl (C=O) groups excluding carboxylic acids is 1. The highest BCUT2D eigenvalue weighted by atomic mass is 32.2. The van der Waals surface area contributed by atoms with Crippen molar-refractivity contribution in [2.24, 2.45) is 0 Å². The molecule has 0 unspecified atom stereocenters. The lowest BCUT2D eigenvalue weighted by Crippen LogP contribution is -2.13. The van der Waals surface area contributed by atoms with Gasteiger partial charge in [-0.3, -0.25) is 14.9 Å². The van der Waals surface area contributed by atoms with Crippen LogP contribution in [0.15, 0.2) is 70.2 Å². The predicted molar refractivity (Wildman–Crippen MR) is 100 cm³/mol. The fourth-order valence-corrected chi connectivity index (χ4v) is 3.26. The van der Waals surface area contributed by atoms with Crippen molar-refractivity contribution in [1.29, 1.82) is 0 Å². The maximum Gasteiger partial charge on any atom is 0.291 e. The van der Waals surface area contributed by atoms with E-state index in [1.54, 1.807) is 30.8 Å². The number of nitro benzene ring substituents is 1. The Kier molecular flexibility index (Phi) is 5.38. The minimum atomic E-state index is -0.496. The number of thioether (sulfide) groups is 1. The molecule has 0 aliphatic carbocycles. The van der Waals surface area contributed by atoms with Gasteiger partial charge in [0.2, 0.25) is 0 Å². The fourth-order valence-electron chi connectivity index (χ4n) is 2.36. The highest BCUT2D eigenvalue weighted by molar-refractivity contribution is 7.98. The van der Waals surface area contributed by atoms with Crippen LogP contribution < -0.4 is 5.32 Å². The Morgan fingerprint density at radius 1 is 1.19 bits per heavy atom. The molecule has 0 aliphatic heterocycles. The van der Waals surface area contributed by atoms with Gasteiger partial charge < -0.3 is 9.73 Å². The first-order chi connectivity index (χ1) is 12.5. The molecule has 3 aromatic rings. The summed E-state index contributed by atoms with van der Waals surface area (Å²) in [6.45, 7) is 1.77. The number of carbonyl (C=O) groups is 1. The van der Waals surface area contributed by atoms with E-state index in [2.05, 4.69) is 5.32 Å². The van der Waals surface area contributed by atoms with Crippen LogP contribution in [0.5, 0.6) is 0 Å². The lowest BCUT2D eigenvalue weighted by Gasteiger charge is -2.08. The van der Waals surface area contributed by atoms with Crippen LogP contribution in [0.25, 0.3) is 0 Å². The van der Waals surface area contributed by atoms with Crippen molar-refractivity contribution in [3.8, 4) is 0 Å². The van der Waals surface area contributed by atoms with Crippen molar-refractivity contribution in [2.75, 3.05) is 5.32 Å². The van der Waals surface area contributed by atoms with Crippen molar-refractivity contribution in [2.45, 2.75) is 17.6 Å². The molecule has 26 heavy (non-hydrogen) atoms. The molecule has 0 spiro atoms. The van der Waals surface area contributed by atoms with Gasteiger partial charge in [0.15, 0.2) is 5.76 Å². The second-order valence-corrected chi connectivity index (χ2v) is 6.64. The Bertz CT molecular complexity index is 938. The van der Waals surface area contributed by atoms with Gasteiger partial charge >= 0.3 is 0 Å². The SMILES string of the molecule is Cc1ccc([N+](=O)[O-])cc1NC(=O)c1occc1CSc1ccccc1. The van der Waals surface area contributed by atoms with Gasteiger partial charge in [-0.15, -0.1) is 11.8 Å². The summed E-state index contributed by atoms with van der Waals surface area (Å²) in [7, 11) is 0. The summed E-state index contributed by atoms with van der Waals surface area (Å²) in [6, 6.07) is 15.9. The summed E-state index contributed by atoms with van der Waals surface area (Å²) < 4.78 is 5.35. The van der Waals surface area contributed by atoms with Gasteiger partial charge in [-0.1, -0.05) is 24.3 Å². The molecule has 7 heteroatoms. The standard InChI is InChI=1S/C19H16N2O4S/c1-13-7-8-15(21(23)24)11-17(13)20-19(22)18-14(9-10-25-18)12-26-16-5-3-2-4-6-16/h2-11H,12H2,1H3,(H,20,22). The number of furan rings is 1. The average molecular weight is 368 g/mol. The molecule has 1 aromatic heterocycles. The molecule has 0 saturated carbocycles. The maximum atomic E-state index is 12.6. The summed E-state index contributed by atoms with van der Waals surface area (Å²) in [5.74, 6) is 0.360. The Morgan fingerprint density at radius 2 is 1.96 bits per heavy atom. The molecule has 1 amide bonds. The summed E-state index contributed by atoms with van der Waals surface area (Å²) in [5, 5.41) is 13.6. The normalized spacial score (nSPS) is 10.5. The number of benzene rings is 2.